The summed E-state index contributed by atoms with van der Waals surface area (Å²) < 4.78 is 11.7. The van der Waals surface area contributed by atoms with E-state index in [1.54, 1.807) is 0 Å². The normalized spacial score (nSPS) is 10.8. The van der Waals surface area contributed by atoms with Crippen LogP contribution in [0.1, 0.15) is 115 Å². The SMILES string of the molecule is CCCCCCCCCCCCOc1ccc(C#C/C=C/c2ccc(OCCCCCC)cc2)cc1. The smallest absolute Gasteiger partial charge is 0.119 e. The van der Waals surface area contributed by atoms with Gasteiger partial charge in [-0.2, -0.15) is 0 Å². The molecule has 0 saturated heterocycles. The molecule has 2 rings (SSSR count). The zero-order valence-electron chi connectivity index (χ0n) is 22.9. The van der Waals surface area contributed by atoms with Crippen molar-refractivity contribution in [2.45, 2.75) is 104 Å². The van der Waals surface area contributed by atoms with Crippen molar-refractivity contribution in [2.24, 2.45) is 0 Å². The van der Waals surface area contributed by atoms with Crippen molar-refractivity contribution in [2.75, 3.05) is 13.2 Å². The van der Waals surface area contributed by atoms with Gasteiger partial charge in [0.25, 0.3) is 0 Å². The minimum Gasteiger partial charge on any atom is -0.494 e. The molecule has 0 amide bonds. The van der Waals surface area contributed by atoms with Crippen LogP contribution in [0, 0.1) is 11.8 Å². The number of rotatable bonds is 19. The molecule has 0 fully saturated rings. The lowest BCUT2D eigenvalue weighted by Crippen LogP contribution is -1.97. The molecule has 0 spiro atoms. The minimum atomic E-state index is 0.795. The lowest BCUT2D eigenvalue weighted by Gasteiger charge is -2.06. The van der Waals surface area contributed by atoms with Crippen LogP contribution in [0.25, 0.3) is 6.08 Å². The molecule has 0 saturated carbocycles. The summed E-state index contributed by atoms with van der Waals surface area (Å²) in [4.78, 5) is 0. The first kappa shape index (κ1) is 29.6. The molecule has 0 atom stereocenters. The molecular formula is C34H48O2. The number of allylic oxidation sites excluding steroid dienone is 1. The van der Waals surface area contributed by atoms with Crippen LogP contribution >= 0.6 is 0 Å². The van der Waals surface area contributed by atoms with Crippen molar-refractivity contribution < 1.29 is 9.47 Å². The van der Waals surface area contributed by atoms with Gasteiger partial charge >= 0.3 is 0 Å². The maximum Gasteiger partial charge on any atom is 0.119 e. The van der Waals surface area contributed by atoms with E-state index >= 15 is 0 Å². The van der Waals surface area contributed by atoms with Crippen LogP contribution in [-0.4, -0.2) is 13.2 Å². The molecule has 0 radical (unpaired) electrons. The Morgan fingerprint density at radius 2 is 1.00 bits per heavy atom. The maximum atomic E-state index is 5.90. The summed E-state index contributed by atoms with van der Waals surface area (Å²) in [6.45, 7) is 6.09. The molecule has 0 aromatic heterocycles. The summed E-state index contributed by atoms with van der Waals surface area (Å²) in [6.07, 6.45) is 22.3. The second kappa shape index (κ2) is 20.5. The van der Waals surface area contributed by atoms with Gasteiger partial charge in [-0.05, 0) is 67.0 Å². The van der Waals surface area contributed by atoms with Gasteiger partial charge in [-0.25, -0.2) is 0 Å². The van der Waals surface area contributed by atoms with E-state index in [9.17, 15) is 0 Å². The van der Waals surface area contributed by atoms with E-state index in [0.717, 1.165) is 48.7 Å². The van der Waals surface area contributed by atoms with Crippen LogP contribution in [0.4, 0.5) is 0 Å². The van der Waals surface area contributed by atoms with Crippen LogP contribution < -0.4 is 9.47 Å². The second-order valence-electron chi connectivity index (χ2n) is 9.64. The fraction of sp³-hybridized carbons (Fsp3) is 0.529. The molecular weight excluding hydrogens is 440 g/mol. The van der Waals surface area contributed by atoms with Gasteiger partial charge in [-0.3, -0.25) is 0 Å². The van der Waals surface area contributed by atoms with Gasteiger partial charge in [0.05, 0.1) is 13.2 Å². The summed E-state index contributed by atoms with van der Waals surface area (Å²) >= 11 is 0. The van der Waals surface area contributed by atoms with Crippen molar-refractivity contribution in [3.8, 4) is 23.3 Å². The Morgan fingerprint density at radius 1 is 0.556 bits per heavy atom. The fourth-order valence-corrected chi connectivity index (χ4v) is 4.07. The topological polar surface area (TPSA) is 18.5 Å². The molecule has 2 aromatic rings. The molecule has 0 N–H and O–H groups in total. The maximum absolute atomic E-state index is 5.90. The highest BCUT2D eigenvalue weighted by Crippen LogP contribution is 2.15. The fourth-order valence-electron chi connectivity index (χ4n) is 4.07. The Balaban J connectivity index is 1.58. The third-order valence-electron chi connectivity index (χ3n) is 6.34. The zero-order chi connectivity index (χ0) is 25.5. The molecule has 2 heteroatoms. The van der Waals surface area contributed by atoms with E-state index in [1.165, 1.54) is 77.0 Å². The predicted molar refractivity (Wildman–Crippen MR) is 156 cm³/mol. The number of hydrogen-bond acceptors (Lipinski definition) is 2. The first-order chi connectivity index (χ1) is 17.8. The van der Waals surface area contributed by atoms with E-state index in [0.29, 0.717) is 0 Å². The van der Waals surface area contributed by atoms with Crippen LogP contribution in [0.5, 0.6) is 11.5 Å². The van der Waals surface area contributed by atoms with Crippen LogP contribution in [0.15, 0.2) is 54.6 Å². The van der Waals surface area contributed by atoms with Gasteiger partial charge < -0.3 is 9.47 Å². The molecule has 0 heterocycles. The Labute approximate surface area is 221 Å². The van der Waals surface area contributed by atoms with E-state index in [-0.39, 0.29) is 0 Å². The van der Waals surface area contributed by atoms with Crippen molar-refractivity contribution in [1.29, 1.82) is 0 Å². The lowest BCUT2D eigenvalue weighted by molar-refractivity contribution is 0.304. The zero-order valence-corrected chi connectivity index (χ0v) is 22.9. The molecule has 0 bridgehead atoms. The minimum absolute atomic E-state index is 0.795. The average Bonchev–Trinajstić information content (AvgIpc) is 2.91. The molecule has 2 aromatic carbocycles. The summed E-state index contributed by atoms with van der Waals surface area (Å²) in [7, 11) is 0. The third kappa shape index (κ3) is 14.7. The number of unbranched alkanes of at least 4 members (excludes halogenated alkanes) is 12. The van der Waals surface area contributed by atoms with Gasteiger partial charge in [0, 0.05) is 5.56 Å². The average molecular weight is 489 g/mol. The largest absolute Gasteiger partial charge is 0.494 e. The molecule has 0 aliphatic carbocycles. The van der Waals surface area contributed by atoms with Gasteiger partial charge in [0.2, 0.25) is 0 Å². The van der Waals surface area contributed by atoms with Gasteiger partial charge in [-0.15, -0.1) is 0 Å². The summed E-state index contributed by atoms with van der Waals surface area (Å²) in [5.74, 6) is 8.18. The molecule has 196 valence electrons. The van der Waals surface area contributed by atoms with Crippen LogP contribution in [0.3, 0.4) is 0 Å². The number of ether oxygens (including phenoxy) is 2. The van der Waals surface area contributed by atoms with E-state index < -0.39 is 0 Å². The summed E-state index contributed by atoms with van der Waals surface area (Å²) in [5, 5.41) is 0. The van der Waals surface area contributed by atoms with Crippen LogP contribution in [0.2, 0.25) is 0 Å². The van der Waals surface area contributed by atoms with E-state index in [2.05, 4.69) is 37.8 Å². The first-order valence-corrected chi connectivity index (χ1v) is 14.5. The second-order valence-corrected chi connectivity index (χ2v) is 9.64. The first-order valence-electron chi connectivity index (χ1n) is 14.5. The van der Waals surface area contributed by atoms with Gasteiger partial charge in [0.1, 0.15) is 11.5 Å². The van der Waals surface area contributed by atoms with Crippen molar-refractivity contribution >= 4 is 6.08 Å². The van der Waals surface area contributed by atoms with Crippen molar-refractivity contribution in [1.82, 2.24) is 0 Å². The van der Waals surface area contributed by atoms with Crippen molar-refractivity contribution in [3.63, 3.8) is 0 Å². The highest BCUT2D eigenvalue weighted by atomic mass is 16.5. The molecule has 36 heavy (non-hydrogen) atoms. The highest BCUT2D eigenvalue weighted by Gasteiger charge is 1.97. The standard InChI is InChI=1S/C34H48O2/c1-3-5-7-9-10-11-12-13-14-18-30-36-34-27-23-32(24-28-34)20-16-15-19-31-21-25-33(26-22-31)35-29-17-8-6-4-2/h15,19,21-28H,3-14,17-18,29-30H2,1-2H3/b19-15+. The lowest BCUT2D eigenvalue weighted by atomic mass is 10.1. The predicted octanol–water partition coefficient (Wildman–Crippen LogP) is 10.0. The molecule has 0 aliphatic heterocycles. The summed E-state index contributed by atoms with van der Waals surface area (Å²) in [6, 6.07) is 16.3. The molecule has 0 aliphatic rings. The Hall–Kier alpha value is -2.66. The molecule has 2 nitrogen and oxygen atoms in total. The monoisotopic (exact) mass is 488 g/mol. The van der Waals surface area contributed by atoms with Crippen LogP contribution in [-0.2, 0) is 0 Å². The van der Waals surface area contributed by atoms with E-state index in [1.807, 2.05) is 48.6 Å². The quantitative estimate of drug-likeness (QED) is 0.145. The Bertz CT molecular complexity index is 868. The highest BCUT2D eigenvalue weighted by molar-refractivity contribution is 5.54. The molecule has 0 unspecified atom stereocenters. The van der Waals surface area contributed by atoms with Gasteiger partial charge in [-0.1, -0.05) is 115 Å². The van der Waals surface area contributed by atoms with Gasteiger partial charge in [0.15, 0.2) is 0 Å². The number of benzene rings is 2. The third-order valence-corrected chi connectivity index (χ3v) is 6.34. The van der Waals surface area contributed by atoms with Crippen molar-refractivity contribution in [3.05, 3.63) is 65.7 Å². The van der Waals surface area contributed by atoms with E-state index in [4.69, 9.17) is 9.47 Å². The summed E-state index contributed by atoms with van der Waals surface area (Å²) in [5.41, 5.74) is 2.12. The number of hydrogen-bond donors (Lipinski definition) is 0. The Kier molecular flexibility index (Phi) is 16.9. The Morgan fingerprint density at radius 3 is 1.53 bits per heavy atom.